The highest BCUT2D eigenvalue weighted by Gasteiger charge is 2.24. The Hall–Kier alpha value is -0.530. The standard InChI is InChI=1S/C14H22ClN/c1-3-14(4-2,11-15)12-16-10-13-8-6-5-7-9-13/h5-9,16H,3-4,10-12H2,1-2H3. The molecule has 0 atom stereocenters. The zero-order valence-corrected chi connectivity index (χ0v) is 11.1. The number of hydrogen-bond acceptors (Lipinski definition) is 1. The summed E-state index contributed by atoms with van der Waals surface area (Å²) in [4.78, 5) is 0. The Labute approximate surface area is 104 Å². The number of hydrogen-bond donors (Lipinski definition) is 1. The van der Waals surface area contributed by atoms with Crippen LogP contribution in [0.25, 0.3) is 0 Å². The molecular weight excluding hydrogens is 218 g/mol. The molecule has 16 heavy (non-hydrogen) atoms. The van der Waals surface area contributed by atoms with Crippen LogP contribution in [-0.4, -0.2) is 12.4 Å². The summed E-state index contributed by atoms with van der Waals surface area (Å²) in [6.45, 7) is 6.37. The van der Waals surface area contributed by atoms with Crippen LogP contribution < -0.4 is 5.32 Å². The van der Waals surface area contributed by atoms with E-state index in [9.17, 15) is 0 Å². The van der Waals surface area contributed by atoms with Crippen LogP contribution in [0.4, 0.5) is 0 Å². The first-order chi connectivity index (χ1) is 7.76. The van der Waals surface area contributed by atoms with E-state index < -0.39 is 0 Å². The summed E-state index contributed by atoms with van der Waals surface area (Å²) in [7, 11) is 0. The molecule has 0 aliphatic heterocycles. The van der Waals surface area contributed by atoms with Crippen LogP contribution in [-0.2, 0) is 6.54 Å². The van der Waals surface area contributed by atoms with Gasteiger partial charge >= 0.3 is 0 Å². The van der Waals surface area contributed by atoms with E-state index in [1.54, 1.807) is 0 Å². The van der Waals surface area contributed by atoms with Gasteiger partial charge < -0.3 is 5.32 Å². The van der Waals surface area contributed by atoms with Crippen LogP contribution in [0.2, 0.25) is 0 Å². The van der Waals surface area contributed by atoms with Crippen molar-refractivity contribution in [3.63, 3.8) is 0 Å². The Morgan fingerprint density at radius 2 is 1.75 bits per heavy atom. The average Bonchev–Trinajstić information content (AvgIpc) is 2.37. The smallest absolute Gasteiger partial charge is 0.0291 e. The van der Waals surface area contributed by atoms with E-state index in [1.807, 2.05) is 6.07 Å². The maximum atomic E-state index is 6.07. The molecule has 0 spiro atoms. The van der Waals surface area contributed by atoms with Crippen LogP contribution in [0.15, 0.2) is 30.3 Å². The highest BCUT2D eigenvalue weighted by atomic mass is 35.5. The van der Waals surface area contributed by atoms with Crippen LogP contribution >= 0.6 is 11.6 Å². The molecule has 0 saturated carbocycles. The highest BCUT2D eigenvalue weighted by Crippen LogP contribution is 2.26. The Morgan fingerprint density at radius 3 is 2.25 bits per heavy atom. The SMILES string of the molecule is CCC(CC)(CCl)CNCc1ccccc1. The van der Waals surface area contributed by atoms with Crippen molar-refractivity contribution in [3.8, 4) is 0 Å². The molecule has 0 bridgehead atoms. The first-order valence-electron chi connectivity index (χ1n) is 6.07. The molecule has 1 nitrogen and oxygen atoms in total. The van der Waals surface area contributed by atoms with E-state index in [2.05, 4.69) is 43.4 Å². The van der Waals surface area contributed by atoms with Crippen LogP contribution in [0.3, 0.4) is 0 Å². The summed E-state index contributed by atoms with van der Waals surface area (Å²) < 4.78 is 0. The fourth-order valence-corrected chi connectivity index (χ4v) is 2.28. The van der Waals surface area contributed by atoms with Crippen LogP contribution in [0.1, 0.15) is 32.3 Å². The second-order valence-corrected chi connectivity index (χ2v) is 4.70. The molecule has 0 heterocycles. The minimum atomic E-state index is 0.260. The molecule has 0 aliphatic rings. The Morgan fingerprint density at radius 1 is 1.12 bits per heavy atom. The predicted octanol–water partition coefficient (Wildman–Crippen LogP) is 3.82. The molecular formula is C14H22ClN. The van der Waals surface area contributed by atoms with E-state index in [-0.39, 0.29) is 5.41 Å². The average molecular weight is 240 g/mol. The van der Waals surface area contributed by atoms with Gasteiger partial charge in [-0.2, -0.15) is 0 Å². The fraction of sp³-hybridized carbons (Fsp3) is 0.571. The summed E-state index contributed by atoms with van der Waals surface area (Å²) in [5.41, 5.74) is 1.59. The zero-order valence-electron chi connectivity index (χ0n) is 10.3. The Bertz CT molecular complexity index is 272. The zero-order chi connectivity index (χ0) is 11.9. The molecule has 0 unspecified atom stereocenters. The van der Waals surface area contributed by atoms with Gasteiger partial charge in [0, 0.05) is 19.0 Å². The van der Waals surface area contributed by atoms with Gasteiger partial charge in [0.1, 0.15) is 0 Å². The minimum Gasteiger partial charge on any atom is -0.312 e. The second-order valence-electron chi connectivity index (χ2n) is 4.43. The molecule has 1 aromatic carbocycles. The van der Waals surface area contributed by atoms with Gasteiger partial charge in [-0.3, -0.25) is 0 Å². The Balaban J connectivity index is 2.39. The summed E-state index contributed by atoms with van der Waals surface area (Å²) >= 11 is 6.07. The molecule has 1 rings (SSSR count). The van der Waals surface area contributed by atoms with E-state index in [4.69, 9.17) is 11.6 Å². The van der Waals surface area contributed by atoms with Crippen molar-refractivity contribution in [1.29, 1.82) is 0 Å². The molecule has 0 radical (unpaired) electrons. The lowest BCUT2D eigenvalue weighted by molar-refractivity contribution is 0.286. The summed E-state index contributed by atoms with van der Waals surface area (Å²) in [6.07, 6.45) is 2.27. The van der Waals surface area contributed by atoms with Gasteiger partial charge in [0.2, 0.25) is 0 Å². The maximum absolute atomic E-state index is 6.07. The van der Waals surface area contributed by atoms with Crippen LogP contribution in [0.5, 0.6) is 0 Å². The number of nitrogens with one attached hydrogen (secondary N) is 1. The van der Waals surface area contributed by atoms with Crippen molar-refractivity contribution in [2.24, 2.45) is 5.41 Å². The van der Waals surface area contributed by atoms with Gasteiger partial charge in [-0.15, -0.1) is 11.6 Å². The molecule has 0 saturated heterocycles. The molecule has 0 fully saturated rings. The number of benzene rings is 1. The molecule has 90 valence electrons. The molecule has 0 aromatic heterocycles. The normalized spacial score (nSPS) is 11.7. The lowest BCUT2D eigenvalue weighted by Gasteiger charge is -2.29. The van der Waals surface area contributed by atoms with E-state index >= 15 is 0 Å². The second kappa shape index (κ2) is 6.93. The summed E-state index contributed by atoms with van der Waals surface area (Å²) in [5.74, 6) is 0.738. The van der Waals surface area contributed by atoms with Crippen molar-refractivity contribution >= 4 is 11.6 Å². The maximum Gasteiger partial charge on any atom is 0.0291 e. The third-order valence-electron chi connectivity index (χ3n) is 3.46. The van der Waals surface area contributed by atoms with E-state index in [0.29, 0.717) is 0 Å². The minimum absolute atomic E-state index is 0.260. The predicted molar refractivity (Wildman–Crippen MR) is 71.9 cm³/mol. The number of alkyl halides is 1. The van der Waals surface area contributed by atoms with Crippen molar-refractivity contribution in [1.82, 2.24) is 5.32 Å². The third kappa shape index (κ3) is 3.80. The Kier molecular flexibility index (Phi) is 5.86. The topological polar surface area (TPSA) is 12.0 Å². The van der Waals surface area contributed by atoms with Gasteiger partial charge in [-0.05, 0) is 23.8 Å². The van der Waals surface area contributed by atoms with Gasteiger partial charge in [0.15, 0.2) is 0 Å². The van der Waals surface area contributed by atoms with Gasteiger partial charge in [0.05, 0.1) is 0 Å². The summed E-state index contributed by atoms with van der Waals surface area (Å²) in [6, 6.07) is 10.5. The first-order valence-corrected chi connectivity index (χ1v) is 6.60. The monoisotopic (exact) mass is 239 g/mol. The largest absolute Gasteiger partial charge is 0.312 e. The highest BCUT2D eigenvalue weighted by molar-refractivity contribution is 6.18. The van der Waals surface area contributed by atoms with Crippen molar-refractivity contribution in [2.45, 2.75) is 33.2 Å². The molecule has 0 amide bonds. The first kappa shape index (κ1) is 13.5. The molecule has 1 aromatic rings. The lowest BCUT2D eigenvalue weighted by atomic mass is 9.84. The third-order valence-corrected chi connectivity index (χ3v) is 4.02. The molecule has 0 aliphatic carbocycles. The quantitative estimate of drug-likeness (QED) is 0.714. The number of rotatable bonds is 7. The van der Waals surface area contributed by atoms with Crippen LogP contribution in [0, 0.1) is 5.41 Å². The van der Waals surface area contributed by atoms with E-state index in [1.165, 1.54) is 5.56 Å². The van der Waals surface area contributed by atoms with Gasteiger partial charge in [0.25, 0.3) is 0 Å². The number of halogens is 1. The fourth-order valence-electron chi connectivity index (χ4n) is 1.80. The van der Waals surface area contributed by atoms with E-state index in [0.717, 1.165) is 31.8 Å². The van der Waals surface area contributed by atoms with Crippen molar-refractivity contribution < 1.29 is 0 Å². The van der Waals surface area contributed by atoms with Gasteiger partial charge in [-0.1, -0.05) is 44.2 Å². The summed E-state index contributed by atoms with van der Waals surface area (Å²) in [5, 5.41) is 3.51. The van der Waals surface area contributed by atoms with Crippen molar-refractivity contribution in [2.75, 3.05) is 12.4 Å². The van der Waals surface area contributed by atoms with Gasteiger partial charge in [-0.25, -0.2) is 0 Å². The van der Waals surface area contributed by atoms with Crippen molar-refractivity contribution in [3.05, 3.63) is 35.9 Å². The molecule has 2 heteroatoms. The molecule has 1 N–H and O–H groups in total. The lowest BCUT2D eigenvalue weighted by Crippen LogP contribution is -2.34.